The van der Waals surface area contributed by atoms with Gasteiger partial charge in [0.05, 0.1) is 0 Å². The van der Waals surface area contributed by atoms with Gasteiger partial charge in [-0.25, -0.2) is 0 Å². The molecule has 0 aromatic heterocycles. The Bertz CT molecular complexity index is 141. The molecule has 1 saturated carbocycles. The van der Waals surface area contributed by atoms with Crippen LogP contribution in [0, 0.1) is 0 Å². The van der Waals surface area contributed by atoms with Crippen molar-refractivity contribution in [1.82, 2.24) is 4.90 Å². The van der Waals surface area contributed by atoms with E-state index < -0.39 is 0 Å². The lowest BCUT2D eigenvalue weighted by Crippen LogP contribution is -2.55. The van der Waals surface area contributed by atoms with E-state index in [0.717, 1.165) is 12.1 Å². The van der Waals surface area contributed by atoms with E-state index in [2.05, 4.69) is 23.7 Å². The fourth-order valence-corrected chi connectivity index (χ4v) is 2.64. The first-order valence-corrected chi connectivity index (χ1v) is 5.48. The van der Waals surface area contributed by atoms with Crippen molar-refractivity contribution in [3.05, 3.63) is 0 Å². The lowest BCUT2D eigenvalue weighted by Gasteiger charge is -2.45. The topological polar surface area (TPSA) is 29.3 Å². The van der Waals surface area contributed by atoms with Gasteiger partial charge in [0.1, 0.15) is 0 Å². The average Bonchev–Trinajstić information content (AvgIpc) is 1.76. The molecule has 2 N–H and O–H groups in total. The van der Waals surface area contributed by atoms with Crippen molar-refractivity contribution in [3.8, 4) is 0 Å². The molecule has 0 aromatic carbocycles. The Hall–Kier alpha value is 0.270. The molecule has 2 fully saturated rings. The zero-order valence-electron chi connectivity index (χ0n) is 6.99. The first-order valence-electron chi connectivity index (χ1n) is 4.32. The highest BCUT2D eigenvalue weighted by atomic mass is 32.2. The number of rotatable bonds is 2. The molecule has 11 heavy (non-hydrogen) atoms. The maximum atomic E-state index is 5.73. The van der Waals surface area contributed by atoms with Gasteiger partial charge in [-0.15, -0.1) is 0 Å². The number of nitrogens with two attached hydrogens (primary N) is 1. The van der Waals surface area contributed by atoms with E-state index in [1.54, 1.807) is 0 Å². The molecule has 2 rings (SSSR count). The fourth-order valence-electron chi connectivity index (χ4n) is 1.72. The van der Waals surface area contributed by atoms with Crippen molar-refractivity contribution in [3.63, 3.8) is 0 Å². The van der Waals surface area contributed by atoms with Crippen molar-refractivity contribution < 1.29 is 0 Å². The molecule has 1 aliphatic carbocycles. The molecular formula is C8H16N2S. The van der Waals surface area contributed by atoms with E-state index in [-0.39, 0.29) is 0 Å². The monoisotopic (exact) mass is 172 g/mol. The summed E-state index contributed by atoms with van der Waals surface area (Å²) in [5.74, 6) is 2.67. The zero-order chi connectivity index (χ0) is 7.84. The van der Waals surface area contributed by atoms with E-state index in [0.29, 0.717) is 6.04 Å². The van der Waals surface area contributed by atoms with Gasteiger partial charge in [-0.1, -0.05) is 0 Å². The summed E-state index contributed by atoms with van der Waals surface area (Å²) in [4.78, 5) is 2.53. The summed E-state index contributed by atoms with van der Waals surface area (Å²) in [7, 11) is 2.25. The van der Waals surface area contributed by atoms with Gasteiger partial charge >= 0.3 is 0 Å². The van der Waals surface area contributed by atoms with E-state index in [1.165, 1.54) is 24.3 Å². The molecular weight excluding hydrogens is 156 g/mol. The number of hydrogen-bond donors (Lipinski definition) is 1. The summed E-state index contributed by atoms with van der Waals surface area (Å²) in [6.45, 7) is 0. The zero-order valence-corrected chi connectivity index (χ0v) is 7.81. The van der Waals surface area contributed by atoms with Gasteiger partial charge in [-0.3, -0.25) is 4.90 Å². The van der Waals surface area contributed by atoms with Crippen molar-refractivity contribution in [1.29, 1.82) is 0 Å². The average molecular weight is 172 g/mol. The quantitative estimate of drug-likeness (QED) is 0.658. The largest absolute Gasteiger partial charge is 0.328 e. The molecule has 3 heteroatoms. The Labute approximate surface area is 72.5 Å². The standard InChI is InChI=1S/C8H16N2S/c1-10(8-4-11-5-8)7-2-6(9)3-7/h6-8H,2-5,9H2,1H3. The minimum Gasteiger partial charge on any atom is -0.328 e. The molecule has 2 aliphatic rings. The van der Waals surface area contributed by atoms with Gasteiger partial charge in [0.25, 0.3) is 0 Å². The van der Waals surface area contributed by atoms with Crippen LogP contribution in [0.1, 0.15) is 12.8 Å². The van der Waals surface area contributed by atoms with Gasteiger partial charge in [0.15, 0.2) is 0 Å². The Morgan fingerprint density at radius 3 is 2.27 bits per heavy atom. The minimum absolute atomic E-state index is 0.496. The molecule has 1 aliphatic heterocycles. The lowest BCUT2D eigenvalue weighted by molar-refractivity contribution is 0.109. The normalized spacial score (nSPS) is 38.5. The van der Waals surface area contributed by atoms with Crippen LogP contribution in [0.3, 0.4) is 0 Å². The fraction of sp³-hybridized carbons (Fsp3) is 1.00. The first-order chi connectivity index (χ1) is 5.27. The van der Waals surface area contributed by atoms with Crippen LogP contribution in [-0.2, 0) is 0 Å². The summed E-state index contributed by atoms with van der Waals surface area (Å²) in [6.07, 6.45) is 2.44. The molecule has 0 spiro atoms. The van der Waals surface area contributed by atoms with Crippen LogP contribution in [-0.4, -0.2) is 41.6 Å². The number of thioether (sulfide) groups is 1. The van der Waals surface area contributed by atoms with Gasteiger partial charge in [0.2, 0.25) is 0 Å². The molecule has 0 bridgehead atoms. The summed E-state index contributed by atoms with van der Waals surface area (Å²) < 4.78 is 0. The van der Waals surface area contributed by atoms with Gasteiger partial charge in [-0.2, -0.15) is 11.8 Å². The molecule has 64 valence electrons. The second-order valence-corrected chi connectivity index (χ2v) is 4.82. The van der Waals surface area contributed by atoms with E-state index in [4.69, 9.17) is 5.73 Å². The van der Waals surface area contributed by atoms with Crippen LogP contribution >= 0.6 is 11.8 Å². The second kappa shape index (κ2) is 2.96. The summed E-state index contributed by atoms with van der Waals surface area (Å²) >= 11 is 2.05. The van der Waals surface area contributed by atoms with E-state index >= 15 is 0 Å². The van der Waals surface area contributed by atoms with Crippen LogP contribution in [0.4, 0.5) is 0 Å². The van der Waals surface area contributed by atoms with Crippen LogP contribution in [0.15, 0.2) is 0 Å². The molecule has 0 unspecified atom stereocenters. The third kappa shape index (κ3) is 1.42. The van der Waals surface area contributed by atoms with Crippen molar-refractivity contribution >= 4 is 11.8 Å². The van der Waals surface area contributed by atoms with Crippen LogP contribution in [0.5, 0.6) is 0 Å². The van der Waals surface area contributed by atoms with Crippen molar-refractivity contribution in [2.24, 2.45) is 5.73 Å². The van der Waals surface area contributed by atoms with E-state index in [9.17, 15) is 0 Å². The SMILES string of the molecule is CN(C1CSC1)C1CC(N)C1. The first kappa shape index (κ1) is 7.90. The molecule has 2 nitrogen and oxygen atoms in total. The molecule has 1 heterocycles. The van der Waals surface area contributed by atoms with Gasteiger partial charge in [0, 0.05) is 29.6 Å². The summed E-state index contributed by atoms with van der Waals surface area (Å²) in [5.41, 5.74) is 5.73. The summed E-state index contributed by atoms with van der Waals surface area (Å²) in [5, 5.41) is 0. The number of hydrogen-bond acceptors (Lipinski definition) is 3. The predicted molar refractivity (Wildman–Crippen MR) is 49.9 cm³/mol. The van der Waals surface area contributed by atoms with Gasteiger partial charge < -0.3 is 5.73 Å². The van der Waals surface area contributed by atoms with Crippen molar-refractivity contribution in [2.75, 3.05) is 18.6 Å². The molecule has 0 atom stereocenters. The third-order valence-electron chi connectivity index (χ3n) is 2.92. The lowest BCUT2D eigenvalue weighted by atomic mass is 9.86. The number of nitrogens with zero attached hydrogens (tertiary/aromatic N) is 1. The highest BCUT2D eigenvalue weighted by Crippen LogP contribution is 2.30. The Morgan fingerprint density at radius 1 is 1.27 bits per heavy atom. The molecule has 0 radical (unpaired) electrons. The Balaban J connectivity index is 1.76. The Kier molecular flexibility index (Phi) is 2.12. The molecule has 0 amide bonds. The highest BCUT2D eigenvalue weighted by molar-refractivity contribution is 8.00. The summed E-state index contributed by atoms with van der Waals surface area (Å²) in [6, 6.07) is 2.16. The predicted octanol–water partition coefficient (Wildman–Crippen LogP) is 0.523. The molecule has 0 aromatic rings. The van der Waals surface area contributed by atoms with E-state index in [1.807, 2.05) is 0 Å². The van der Waals surface area contributed by atoms with Crippen LogP contribution in [0.25, 0.3) is 0 Å². The second-order valence-electron chi connectivity index (χ2n) is 3.74. The van der Waals surface area contributed by atoms with Crippen molar-refractivity contribution in [2.45, 2.75) is 31.0 Å². The minimum atomic E-state index is 0.496. The Morgan fingerprint density at radius 2 is 1.91 bits per heavy atom. The van der Waals surface area contributed by atoms with Gasteiger partial charge in [-0.05, 0) is 19.9 Å². The smallest absolute Gasteiger partial charge is 0.0276 e. The maximum absolute atomic E-state index is 5.73. The third-order valence-corrected chi connectivity index (χ3v) is 4.16. The highest BCUT2D eigenvalue weighted by Gasteiger charge is 2.34. The van der Waals surface area contributed by atoms with Crippen LogP contribution in [0.2, 0.25) is 0 Å². The molecule has 1 saturated heterocycles. The van der Waals surface area contributed by atoms with Crippen LogP contribution < -0.4 is 5.73 Å². The maximum Gasteiger partial charge on any atom is 0.0276 e.